The topological polar surface area (TPSA) is 16.1 Å². The summed E-state index contributed by atoms with van der Waals surface area (Å²) in [5.74, 6) is 0. The Morgan fingerprint density at radius 1 is 1.05 bits per heavy atom. The van der Waals surface area contributed by atoms with Crippen LogP contribution in [0.15, 0.2) is 35.8 Å². The molecule has 0 spiro atoms. The number of piperidine rings is 1. The van der Waals surface area contributed by atoms with Crippen molar-refractivity contribution in [2.24, 2.45) is 0 Å². The molecule has 4 rings (SSSR count). The molecule has 1 atom stereocenters. The maximum absolute atomic E-state index is 4.56. The first-order valence-corrected chi connectivity index (χ1v) is 8.98. The molecule has 1 saturated heterocycles. The average molecular weight is 298 g/mol. The third-order valence-corrected chi connectivity index (χ3v) is 6.10. The SMILES string of the molecule is c1ccc(C2(N3CCCCC3)CCc3ncsc3C2)cc1. The fraction of sp³-hybridized carbons (Fsp3) is 0.500. The lowest BCUT2D eigenvalue weighted by molar-refractivity contribution is 0.0508. The first-order valence-electron chi connectivity index (χ1n) is 8.10. The van der Waals surface area contributed by atoms with Crippen LogP contribution in [0.1, 0.15) is 41.8 Å². The van der Waals surface area contributed by atoms with Gasteiger partial charge in [0.05, 0.1) is 16.7 Å². The van der Waals surface area contributed by atoms with Gasteiger partial charge >= 0.3 is 0 Å². The Labute approximate surface area is 130 Å². The minimum atomic E-state index is 0.210. The molecule has 0 amide bonds. The normalized spacial score (nSPS) is 26.5. The van der Waals surface area contributed by atoms with Crippen LogP contribution in [-0.2, 0) is 18.4 Å². The van der Waals surface area contributed by atoms with Crippen LogP contribution in [0.5, 0.6) is 0 Å². The van der Waals surface area contributed by atoms with Crippen molar-refractivity contribution in [2.75, 3.05) is 13.1 Å². The Morgan fingerprint density at radius 3 is 2.67 bits per heavy atom. The highest BCUT2D eigenvalue weighted by molar-refractivity contribution is 7.09. The Kier molecular flexibility index (Phi) is 3.56. The fourth-order valence-electron chi connectivity index (χ4n) is 4.09. The molecule has 0 N–H and O–H groups in total. The molecule has 1 unspecified atom stereocenters. The predicted molar refractivity (Wildman–Crippen MR) is 87.7 cm³/mol. The van der Waals surface area contributed by atoms with E-state index in [1.807, 2.05) is 16.8 Å². The lowest BCUT2D eigenvalue weighted by Gasteiger charge is -2.48. The summed E-state index contributed by atoms with van der Waals surface area (Å²) in [6.07, 6.45) is 7.59. The van der Waals surface area contributed by atoms with Crippen molar-refractivity contribution in [1.29, 1.82) is 0 Å². The van der Waals surface area contributed by atoms with Gasteiger partial charge in [-0.2, -0.15) is 0 Å². The summed E-state index contributed by atoms with van der Waals surface area (Å²) in [7, 11) is 0. The molecule has 1 aliphatic carbocycles. The number of fused-ring (bicyclic) bond motifs is 1. The van der Waals surface area contributed by atoms with Crippen LogP contribution >= 0.6 is 11.3 Å². The van der Waals surface area contributed by atoms with E-state index in [1.54, 1.807) is 0 Å². The van der Waals surface area contributed by atoms with Crippen molar-refractivity contribution in [3.05, 3.63) is 52.0 Å². The van der Waals surface area contributed by atoms with Crippen molar-refractivity contribution in [3.8, 4) is 0 Å². The van der Waals surface area contributed by atoms with Gasteiger partial charge in [0, 0.05) is 11.3 Å². The van der Waals surface area contributed by atoms with Gasteiger partial charge in [0.1, 0.15) is 0 Å². The number of thiazole rings is 1. The Morgan fingerprint density at radius 2 is 1.86 bits per heavy atom. The van der Waals surface area contributed by atoms with E-state index in [0.717, 1.165) is 12.8 Å². The van der Waals surface area contributed by atoms with Crippen molar-refractivity contribution in [2.45, 2.75) is 44.1 Å². The van der Waals surface area contributed by atoms with Gasteiger partial charge in [-0.1, -0.05) is 36.8 Å². The Hall–Kier alpha value is -1.19. The predicted octanol–water partition coefficient (Wildman–Crippen LogP) is 4.01. The molecule has 1 aromatic carbocycles. The second kappa shape index (κ2) is 5.54. The van der Waals surface area contributed by atoms with E-state index in [-0.39, 0.29) is 5.54 Å². The molecule has 2 heterocycles. The maximum Gasteiger partial charge on any atom is 0.0797 e. The summed E-state index contributed by atoms with van der Waals surface area (Å²) in [6.45, 7) is 2.51. The molecule has 21 heavy (non-hydrogen) atoms. The van der Waals surface area contributed by atoms with Gasteiger partial charge in [0.25, 0.3) is 0 Å². The minimum absolute atomic E-state index is 0.210. The molecule has 2 aromatic rings. The first kappa shape index (κ1) is 13.5. The highest BCUT2D eigenvalue weighted by Gasteiger charge is 2.42. The summed E-state index contributed by atoms with van der Waals surface area (Å²) in [6, 6.07) is 11.2. The number of hydrogen-bond donors (Lipinski definition) is 0. The Balaban J connectivity index is 1.76. The smallest absolute Gasteiger partial charge is 0.0797 e. The molecule has 110 valence electrons. The van der Waals surface area contributed by atoms with Crippen LogP contribution in [0.3, 0.4) is 0 Å². The number of hydrogen-bond acceptors (Lipinski definition) is 3. The largest absolute Gasteiger partial charge is 0.293 e. The number of aryl methyl sites for hydroxylation is 1. The van der Waals surface area contributed by atoms with Crippen molar-refractivity contribution in [3.63, 3.8) is 0 Å². The van der Waals surface area contributed by atoms with Gasteiger partial charge in [-0.25, -0.2) is 4.98 Å². The molecule has 1 fully saturated rings. The van der Waals surface area contributed by atoms with E-state index in [4.69, 9.17) is 0 Å². The first-order chi connectivity index (χ1) is 10.4. The van der Waals surface area contributed by atoms with Crippen LogP contribution in [0.4, 0.5) is 0 Å². The van der Waals surface area contributed by atoms with E-state index < -0.39 is 0 Å². The van der Waals surface area contributed by atoms with Gasteiger partial charge in [-0.15, -0.1) is 11.3 Å². The lowest BCUT2D eigenvalue weighted by Crippen LogP contribution is -2.51. The number of rotatable bonds is 2. The summed E-state index contributed by atoms with van der Waals surface area (Å²) in [5.41, 5.74) is 5.10. The van der Waals surface area contributed by atoms with Gasteiger partial charge in [-0.05, 0) is 44.3 Å². The Bertz CT molecular complexity index is 601. The molecule has 2 nitrogen and oxygen atoms in total. The molecule has 2 aliphatic rings. The molecule has 0 bridgehead atoms. The van der Waals surface area contributed by atoms with E-state index in [0.29, 0.717) is 0 Å². The molecular weight excluding hydrogens is 276 g/mol. The van der Waals surface area contributed by atoms with Gasteiger partial charge < -0.3 is 0 Å². The second-order valence-corrected chi connectivity index (χ2v) is 7.28. The van der Waals surface area contributed by atoms with E-state index >= 15 is 0 Å². The summed E-state index contributed by atoms with van der Waals surface area (Å²) < 4.78 is 0. The quantitative estimate of drug-likeness (QED) is 0.832. The van der Waals surface area contributed by atoms with Crippen molar-refractivity contribution in [1.82, 2.24) is 9.88 Å². The van der Waals surface area contributed by atoms with Crippen LogP contribution in [0.2, 0.25) is 0 Å². The second-order valence-electron chi connectivity index (χ2n) is 6.34. The van der Waals surface area contributed by atoms with E-state index in [9.17, 15) is 0 Å². The molecule has 1 aromatic heterocycles. The highest BCUT2D eigenvalue weighted by atomic mass is 32.1. The summed E-state index contributed by atoms with van der Waals surface area (Å²) in [5, 5.41) is 0. The van der Waals surface area contributed by atoms with Gasteiger partial charge in [0.2, 0.25) is 0 Å². The third-order valence-electron chi connectivity index (χ3n) is 5.23. The van der Waals surface area contributed by atoms with Crippen LogP contribution in [0, 0.1) is 0 Å². The van der Waals surface area contributed by atoms with Crippen molar-refractivity contribution < 1.29 is 0 Å². The van der Waals surface area contributed by atoms with E-state index in [1.165, 1.54) is 54.9 Å². The summed E-state index contributed by atoms with van der Waals surface area (Å²) in [4.78, 5) is 8.84. The highest BCUT2D eigenvalue weighted by Crippen LogP contribution is 2.43. The molecular formula is C18H22N2S. The lowest BCUT2D eigenvalue weighted by atomic mass is 9.75. The van der Waals surface area contributed by atoms with E-state index in [2.05, 4.69) is 40.2 Å². The van der Waals surface area contributed by atoms with Crippen LogP contribution < -0.4 is 0 Å². The third kappa shape index (κ3) is 2.33. The molecule has 0 saturated carbocycles. The number of aromatic nitrogens is 1. The zero-order valence-corrected chi connectivity index (χ0v) is 13.2. The monoisotopic (exact) mass is 298 g/mol. The average Bonchev–Trinajstić information content (AvgIpc) is 3.03. The maximum atomic E-state index is 4.56. The minimum Gasteiger partial charge on any atom is -0.293 e. The van der Waals surface area contributed by atoms with Crippen LogP contribution in [-0.4, -0.2) is 23.0 Å². The van der Waals surface area contributed by atoms with Gasteiger partial charge in [0.15, 0.2) is 0 Å². The molecule has 3 heteroatoms. The zero-order valence-electron chi connectivity index (χ0n) is 12.4. The molecule has 1 aliphatic heterocycles. The van der Waals surface area contributed by atoms with Crippen molar-refractivity contribution >= 4 is 11.3 Å². The summed E-state index contributed by atoms with van der Waals surface area (Å²) >= 11 is 1.85. The number of likely N-dealkylation sites (tertiary alicyclic amines) is 1. The number of benzene rings is 1. The standard InChI is InChI=1S/C18H22N2S/c1-3-7-15(8-4-1)18(20-11-5-2-6-12-20)10-9-16-17(13-18)21-14-19-16/h1,3-4,7-8,14H,2,5-6,9-13H2. The zero-order chi connectivity index (χ0) is 14.1. The van der Waals surface area contributed by atoms with Gasteiger partial charge in [-0.3, -0.25) is 4.90 Å². The molecule has 0 radical (unpaired) electrons. The van der Waals surface area contributed by atoms with Crippen LogP contribution in [0.25, 0.3) is 0 Å². The fourth-order valence-corrected chi connectivity index (χ4v) is 5.01. The number of nitrogens with zero attached hydrogens (tertiary/aromatic N) is 2.